The van der Waals surface area contributed by atoms with E-state index in [1.54, 1.807) is 41.3 Å². The third kappa shape index (κ3) is 4.90. The number of nitrogen functional groups attached to an aromatic ring is 1. The number of nitrogens with two attached hydrogens (primary N) is 1. The third-order valence-corrected chi connectivity index (χ3v) is 6.26. The minimum atomic E-state index is -0.707. The van der Waals surface area contributed by atoms with E-state index in [0.717, 1.165) is 16.7 Å². The van der Waals surface area contributed by atoms with Crippen LogP contribution in [0, 0.1) is 11.2 Å². The Morgan fingerprint density at radius 2 is 1.76 bits per heavy atom. The molecule has 1 fully saturated rings. The number of likely N-dealkylation sites (tertiary alicyclic amines) is 1. The Balaban J connectivity index is 1.59. The lowest BCUT2D eigenvalue weighted by molar-refractivity contribution is -0.130. The summed E-state index contributed by atoms with van der Waals surface area (Å²) in [5, 5.41) is 2.97. The van der Waals surface area contributed by atoms with E-state index in [1.807, 2.05) is 31.2 Å². The first kappa shape index (κ1) is 22.5. The van der Waals surface area contributed by atoms with Crippen LogP contribution in [0.4, 0.5) is 10.1 Å². The van der Waals surface area contributed by atoms with Crippen LogP contribution in [0.25, 0.3) is 11.1 Å². The Morgan fingerprint density at radius 1 is 1.03 bits per heavy atom. The Hall–Kier alpha value is -3.67. The molecule has 2 amide bonds. The van der Waals surface area contributed by atoms with E-state index in [-0.39, 0.29) is 17.6 Å². The number of hydrogen-bond donors (Lipinski definition) is 2. The maximum Gasteiger partial charge on any atom is 0.253 e. The van der Waals surface area contributed by atoms with E-state index in [2.05, 4.69) is 5.32 Å². The van der Waals surface area contributed by atoms with Crippen molar-refractivity contribution in [3.05, 3.63) is 89.7 Å². The summed E-state index contributed by atoms with van der Waals surface area (Å²) in [6.45, 7) is 3.29. The highest BCUT2D eigenvalue weighted by molar-refractivity contribution is 5.95. The highest BCUT2D eigenvalue weighted by Gasteiger charge is 2.45. The number of hydrogen-bond acceptors (Lipinski definition) is 3. The molecule has 1 heterocycles. The predicted molar refractivity (Wildman–Crippen MR) is 128 cm³/mol. The molecule has 33 heavy (non-hydrogen) atoms. The van der Waals surface area contributed by atoms with Crippen molar-refractivity contribution in [1.82, 2.24) is 10.2 Å². The normalized spacial score (nSPS) is 17.7. The van der Waals surface area contributed by atoms with E-state index in [9.17, 15) is 14.0 Å². The summed E-state index contributed by atoms with van der Waals surface area (Å²) in [7, 11) is 0. The molecule has 170 valence electrons. The van der Waals surface area contributed by atoms with Gasteiger partial charge in [-0.3, -0.25) is 9.59 Å². The first-order valence-electron chi connectivity index (χ1n) is 11.2. The van der Waals surface area contributed by atoms with Gasteiger partial charge in [0.05, 0.1) is 5.41 Å². The topological polar surface area (TPSA) is 75.4 Å². The zero-order chi connectivity index (χ0) is 23.4. The van der Waals surface area contributed by atoms with E-state index in [1.165, 1.54) is 12.1 Å². The van der Waals surface area contributed by atoms with Gasteiger partial charge >= 0.3 is 0 Å². The molecule has 1 aliphatic heterocycles. The van der Waals surface area contributed by atoms with E-state index in [4.69, 9.17) is 5.73 Å². The van der Waals surface area contributed by atoms with Crippen molar-refractivity contribution in [3.8, 4) is 11.1 Å². The molecule has 1 saturated heterocycles. The Morgan fingerprint density at radius 3 is 2.45 bits per heavy atom. The maximum atomic E-state index is 13.3. The van der Waals surface area contributed by atoms with Gasteiger partial charge in [-0.1, -0.05) is 36.4 Å². The van der Waals surface area contributed by atoms with Gasteiger partial charge in [0.2, 0.25) is 5.91 Å². The fourth-order valence-electron chi connectivity index (χ4n) is 4.51. The largest absolute Gasteiger partial charge is 0.399 e. The van der Waals surface area contributed by atoms with Crippen molar-refractivity contribution in [2.75, 3.05) is 25.4 Å². The number of rotatable bonds is 6. The fraction of sp³-hybridized carbons (Fsp3) is 0.259. The van der Waals surface area contributed by atoms with Gasteiger partial charge in [-0.05, 0) is 72.9 Å². The molecule has 6 heteroatoms. The molecule has 1 atom stereocenters. The van der Waals surface area contributed by atoms with Crippen LogP contribution in [-0.2, 0) is 11.2 Å². The standard InChI is InChI=1S/C27H28FN3O2/c1-2-30-26(33)27(14-15-31(18-27)25(32)21-8-12-24(29)13-9-21)17-19-4-3-5-22(16-19)20-6-10-23(28)11-7-20/h3-13,16H,2,14-15,17-18,29H2,1H3,(H,30,33). The van der Waals surface area contributed by atoms with Gasteiger partial charge in [0.25, 0.3) is 5.91 Å². The van der Waals surface area contributed by atoms with E-state index < -0.39 is 5.41 Å². The number of halogens is 1. The van der Waals surface area contributed by atoms with Crippen LogP contribution in [0.2, 0.25) is 0 Å². The van der Waals surface area contributed by atoms with Gasteiger partial charge < -0.3 is 16.0 Å². The fourth-order valence-corrected chi connectivity index (χ4v) is 4.51. The van der Waals surface area contributed by atoms with Gasteiger partial charge in [0, 0.05) is 30.9 Å². The first-order chi connectivity index (χ1) is 15.9. The molecule has 0 saturated carbocycles. The second-order valence-corrected chi connectivity index (χ2v) is 8.62. The van der Waals surface area contributed by atoms with E-state index in [0.29, 0.717) is 43.7 Å². The van der Waals surface area contributed by atoms with Crippen LogP contribution >= 0.6 is 0 Å². The number of nitrogens with one attached hydrogen (secondary N) is 1. The number of amides is 2. The van der Waals surface area contributed by atoms with Crippen LogP contribution in [0.1, 0.15) is 29.3 Å². The Bertz CT molecular complexity index is 1140. The maximum absolute atomic E-state index is 13.3. The molecule has 0 aliphatic carbocycles. The zero-order valence-corrected chi connectivity index (χ0v) is 18.7. The summed E-state index contributed by atoms with van der Waals surface area (Å²) in [4.78, 5) is 28.0. The Labute approximate surface area is 193 Å². The first-order valence-corrected chi connectivity index (χ1v) is 11.2. The molecule has 3 aromatic carbocycles. The molecule has 0 spiro atoms. The molecule has 1 unspecified atom stereocenters. The summed E-state index contributed by atoms with van der Waals surface area (Å²) in [6, 6.07) is 21.2. The molecule has 5 nitrogen and oxygen atoms in total. The summed E-state index contributed by atoms with van der Waals surface area (Å²) in [6.07, 6.45) is 1.10. The quantitative estimate of drug-likeness (QED) is 0.556. The third-order valence-electron chi connectivity index (χ3n) is 6.26. The highest BCUT2D eigenvalue weighted by atomic mass is 19.1. The molecule has 1 aliphatic rings. The Kier molecular flexibility index (Phi) is 6.45. The second-order valence-electron chi connectivity index (χ2n) is 8.62. The SMILES string of the molecule is CCNC(=O)C1(Cc2cccc(-c3ccc(F)cc3)c2)CCN(C(=O)c2ccc(N)cc2)C1. The number of anilines is 1. The predicted octanol–water partition coefficient (Wildman–Crippen LogP) is 4.29. The van der Waals surface area contributed by atoms with Crippen molar-refractivity contribution >= 4 is 17.5 Å². The number of nitrogens with zero attached hydrogens (tertiary/aromatic N) is 1. The van der Waals surface area contributed by atoms with Gasteiger partial charge in [0.15, 0.2) is 0 Å². The molecule has 0 radical (unpaired) electrons. The zero-order valence-electron chi connectivity index (χ0n) is 18.7. The van der Waals surface area contributed by atoms with Gasteiger partial charge in [-0.25, -0.2) is 4.39 Å². The average Bonchev–Trinajstić information content (AvgIpc) is 3.25. The van der Waals surface area contributed by atoms with Crippen molar-refractivity contribution in [2.24, 2.45) is 5.41 Å². The molecule has 4 rings (SSSR count). The van der Waals surface area contributed by atoms with Crippen molar-refractivity contribution in [1.29, 1.82) is 0 Å². The lowest BCUT2D eigenvalue weighted by Gasteiger charge is -2.28. The van der Waals surface area contributed by atoms with Gasteiger partial charge in [0.1, 0.15) is 5.82 Å². The van der Waals surface area contributed by atoms with Crippen molar-refractivity contribution < 1.29 is 14.0 Å². The monoisotopic (exact) mass is 445 g/mol. The number of carbonyl (C=O) groups is 2. The number of benzene rings is 3. The number of carbonyl (C=O) groups excluding carboxylic acids is 2. The smallest absolute Gasteiger partial charge is 0.253 e. The molecule has 0 bridgehead atoms. The lowest BCUT2D eigenvalue weighted by Crippen LogP contribution is -2.45. The minimum Gasteiger partial charge on any atom is -0.399 e. The average molecular weight is 446 g/mol. The van der Waals surface area contributed by atoms with Crippen molar-refractivity contribution in [2.45, 2.75) is 19.8 Å². The summed E-state index contributed by atoms with van der Waals surface area (Å²) in [5.41, 5.74) is 9.09. The summed E-state index contributed by atoms with van der Waals surface area (Å²) < 4.78 is 13.3. The van der Waals surface area contributed by atoms with Crippen LogP contribution in [0.15, 0.2) is 72.8 Å². The van der Waals surface area contributed by atoms with Crippen LogP contribution in [0.5, 0.6) is 0 Å². The van der Waals surface area contributed by atoms with E-state index >= 15 is 0 Å². The van der Waals surface area contributed by atoms with Crippen LogP contribution in [-0.4, -0.2) is 36.3 Å². The lowest BCUT2D eigenvalue weighted by atomic mass is 9.79. The highest BCUT2D eigenvalue weighted by Crippen LogP contribution is 2.36. The molecule has 3 aromatic rings. The van der Waals surface area contributed by atoms with Gasteiger partial charge in [-0.2, -0.15) is 0 Å². The second kappa shape index (κ2) is 9.45. The summed E-state index contributed by atoms with van der Waals surface area (Å²) >= 11 is 0. The molecular formula is C27H28FN3O2. The minimum absolute atomic E-state index is 0.0372. The van der Waals surface area contributed by atoms with Crippen LogP contribution < -0.4 is 11.1 Å². The van der Waals surface area contributed by atoms with Gasteiger partial charge in [-0.15, -0.1) is 0 Å². The van der Waals surface area contributed by atoms with Crippen molar-refractivity contribution in [3.63, 3.8) is 0 Å². The molecule has 3 N–H and O–H groups in total. The molecular weight excluding hydrogens is 417 g/mol. The molecule has 0 aromatic heterocycles. The van der Waals surface area contributed by atoms with Crippen LogP contribution in [0.3, 0.4) is 0 Å². The summed E-state index contributed by atoms with van der Waals surface area (Å²) in [5.74, 6) is -0.409.